The highest BCUT2D eigenvalue weighted by atomic mass is 32.2. The Morgan fingerprint density at radius 3 is 2.29 bits per heavy atom. The van der Waals surface area contributed by atoms with E-state index in [0.717, 1.165) is 64.0 Å². The van der Waals surface area contributed by atoms with Gasteiger partial charge < -0.3 is 9.80 Å². The third-order valence-corrected chi connectivity index (χ3v) is 7.50. The van der Waals surface area contributed by atoms with E-state index in [1.807, 2.05) is 17.0 Å². The molecular weight excluding hydrogens is 374 g/mol. The highest BCUT2D eigenvalue weighted by molar-refractivity contribution is 7.89. The van der Waals surface area contributed by atoms with Crippen LogP contribution in [0, 0.1) is 0 Å². The van der Waals surface area contributed by atoms with Gasteiger partial charge in [-0.15, -0.1) is 0 Å². The van der Waals surface area contributed by atoms with Crippen molar-refractivity contribution in [2.75, 3.05) is 32.7 Å². The topological polar surface area (TPSA) is 69.7 Å². The number of nitrogens with one attached hydrogen (secondary N) is 1. The maximum absolute atomic E-state index is 12.6. The summed E-state index contributed by atoms with van der Waals surface area (Å²) in [5, 5.41) is 0. The fourth-order valence-electron chi connectivity index (χ4n) is 4.07. The average molecular weight is 408 g/mol. The Morgan fingerprint density at radius 1 is 1.04 bits per heavy atom. The van der Waals surface area contributed by atoms with Crippen molar-refractivity contribution in [3.05, 3.63) is 29.8 Å². The van der Waals surface area contributed by atoms with E-state index in [-0.39, 0.29) is 11.9 Å². The SMILES string of the molecule is CCN1CCN(C(=O)CCc2ccc(S(=O)(=O)NC3CCCCC3)cc2)CC1. The molecule has 0 bridgehead atoms. The van der Waals surface area contributed by atoms with Gasteiger partial charge in [0.25, 0.3) is 0 Å². The van der Waals surface area contributed by atoms with Gasteiger partial charge in [0.05, 0.1) is 4.90 Å². The Morgan fingerprint density at radius 2 is 1.68 bits per heavy atom. The maximum atomic E-state index is 12.6. The first-order chi connectivity index (χ1) is 13.5. The molecule has 1 aromatic rings. The molecule has 3 rings (SSSR count). The number of carbonyl (C=O) groups is 1. The van der Waals surface area contributed by atoms with Crippen molar-refractivity contribution >= 4 is 15.9 Å². The number of sulfonamides is 1. The molecule has 1 N–H and O–H groups in total. The van der Waals surface area contributed by atoms with Crippen LogP contribution in [0.2, 0.25) is 0 Å². The van der Waals surface area contributed by atoms with Crippen LogP contribution in [0.5, 0.6) is 0 Å². The lowest BCUT2D eigenvalue weighted by molar-refractivity contribution is -0.132. The fraction of sp³-hybridized carbons (Fsp3) is 0.667. The molecule has 2 aliphatic rings. The lowest BCUT2D eigenvalue weighted by atomic mass is 9.96. The summed E-state index contributed by atoms with van der Waals surface area (Å²) in [6.07, 6.45) is 6.33. The van der Waals surface area contributed by atoms with Crippen molar-refractivity contribution in [3.8, 4) is 0 Å². The quantitative estimate of drug-likeness (QED) is 0.754. The number of likely N-dealkylation sites (N-methyl/N-ethyl adjacent to an activating group) is 1. The molecule has 0 unspecified atom stereocenters. The Kier molecular flexibility index (Phi) is 7.48. The van der Waals surface area contributed by atoms with Crippen molar-refractivity contribution in [1.82, 2.24) is 14.5 Å². The standard InChI is InChI=1S/C21H33N3O3S/c1-2-23-14-16-24(17-15-23)21(25)13-10-18-8-11-20(12-9-18)28(26,27)22-19-6-4-3-5-7-19/h8-9,11-12,19,22H,2-7,10,13-17H2,1H3. The van der Waals surface area contributed by atoms with Gasteiger partial charge in [-0.3, -0.25) is 4.79 Å². The summed E-state index contributed by atoms with van der Waals surface area (Å²) in [4.78, 5) is 17.0. The van der Waals surface area contributed by atoms with Crippen LogP contribution in [0.15, 0.2) is 29.2 Å². The zero-order valence-corrected chi connectivity index (χ0v) is 17.7. The highest BCUT2D eigenvalue weighted by Crippen LogP contribution is 2.20. The smallest absolute Gasteiger partial charge is 0.240 e. The largest absolute Gasteiger partial charge is 0.340 e. The van der Waals surface area contributed by atoms with Crippen LogP contribution in [0.25, 0.3) is 0 Å². The van der Waals surface area contributed by atoms with Crippen molar-refractivity contribution in [3.63, 3.8) is 0 Å². The number of rotatable bonds is 7. The second kappa shape index (κ2) is 9.85. The van der Waals surface area contributed by atoms with E-state index in [0.29, 0.717) is 17.7 Å². The Balaban J connectivity index is 1.49. The monoisotopic (exact) mass is 407 g/mol. The molecule has 1 aromatic carbocycles. The van der Waals surface area contributed by atoms with Gasteiger partial charge in [0.1, 0.15) is 0 Å². The van der Waals surface area contributed by atoms with Crippen molar-refractivity contribution in [1.29, 1.82) is 0 Å². The van der Waals surface area contributed by atoms with Gasteiger partial charge in [0, 0.05) is 38.6 Å². The Hall–Kier alpha value is -1.44. The number of amides is 1. The predicted octanol–water partition coefficient (Wildman–Crippen LogP) is 2.39. The van der Waals surface area contributed by atoms with Crippen LogP contribution in [0.3, 0.4) is 0 Å². The van der Waals surface area contributed by atoms with E-state index in [4.69, 9.17) is 0 Å². The number of hydrogen-bond donors (Lipinski definition) is 1. The molecule has 2 fully saturated rings. The van der Waals surface area contributed by atoms with Crippen molar-refractivity contribution in [2.24, 2.45) is 0 Å². The lowest BCUT2D eigenvalue weighted by Gasteiger charge is -2.34. The number of benzene rings is 1. The van der Waals surface area contributed by atoms with Crippen LogP contribution in [0.4, 0.5) is 0 Å². The van der Waals surface area contributed by atoms with Gasteiger partial charge in [-0.1, -0.05) is 38.3 Å². The molecule has 7 heteroatoms. The minimum absolute atomic E-state index is 0.0595. The molecule has 0 atom stereocenters. The molecule has 0 radical (unpaired) electrons. The van der Waals surface area contributed by atoms with Gasteiger partial charge in [-0.2, -0.15) is 0 Å². The molecule has 1 heterocycles. The summed E-state index contributed by atoms with van der Waals surface area (Å²) in [5.74, 6) is 0.186. The summed E-state index contributed by atoms with van der Waals surface area (Å²) in [6.45, 7) is 6.68. The average Bonchev–Trinajstić information content (AvgIpc) is 2.73. The summed E-state index contributed by atoms with van der Waals surface area (Å²) >= 11 is 0. The molecule has 28 heavy (non-hydrogen) atoms. The number of nitrogens with zero attached hydrogens (tertiary/aromatic N) is 2. The van der Waals surface area contributed by atoms with E-state index >= 15 is 0 Å². The summed E-state index contributed by atoms with van der Waals surface area (Å²) in [5.41, 5.74) is 0.997. The zero-order chi connectivity index (χ0) is 20.0. The third-order valence-electron chi connectivity index (χ3n) is 5.96. The van der Waals surface area contributed by atoms with Gasteiger partial charge >= 0.3 is 0 Å². The van der Waals surface area contributed by atoms with Crippen LogP contribution in [-0.2, 0) is 21.2 Å². The predicted molar refractivity (Wildman–Crippen MR) is 111 cm³/mol. The number of aryl methyl sites for hydroxylation is 1. The summed E-state index contributed by atoms with van der Waals surface area (Å²) in [6, 6.07) is 7.04. The molecular formula is C21H33N3O3S. The number of hydrogen-bond acceptors (Lipinski definition) is 4. The van der Waals surface area contributed by atoms with E-state index < -0.39 is 10.0 Å². The maximum Gasteiger partial charge on any atom is 0.240 e. The van der Waals surface area contributed by atoms with Crippen LogP contribution >= 0.6 is 0 Å². The number of piperazine rings is 1. The first-order valence-corrected chi connectivity index (χ1v) is 12.1. The van der Waals surface area contributed by atoms with E-state index in [9.17, 15) is 13.2 Å². The molecule has 0 spiro atoms. The van der Waals surface area contributed by atoms with E-state index in [1.165, 1.54) is 6.42 Å². The molecule has 156 valence electrons. The zero-order valence-electron chi connectivity index (χ0n) is 16.9. The molecule has 6 nitrogen and oxygen atoms in total. The second-order valence-electron chi connectivity index (χ2n) is 7.92. The summed E-state index contributed by atoms with van der Waals surface area (Å²) < 4.78 is 28.0. The van der Waals surface area contributed by atoms with Gasteiger partial charge in [-0.25, -0.2) is 13.1 Å². The highest BCUT2D eigenvalue weighted by Gasteiger charge is 2.22. The van der Waals surface area contributed by atoms with Crippen LogP contribution < -0.4 is 4.72 Å². The molecule has 1 saturated carbocycles. The third kappa shape index (κ3) is 5.78. The Bertz CT molecular complexity index is 735. The lowest BCUT2D eigenvalue weighted by Crippen LogP contribution is -2.48. The molecule has 1 aliphatic heterocycles. The molecule has 1 saturated heterocycles. The minimum Gasteiger partial charge on any atom is -0.340 e. The van der Waals surface area contributed by atoms with Gasteiger partial charge in [-0.05, 0) is 43.5 Å². The normalized spacial score (nSPS) is 19.7. The molecule has 1 aliphatic carbocycles. The minimum atomic E-state index is -3.46. The molecule has 0 aromatic heterocycles. The fourth-order valence-corrected chi connectivity index (χ4v) is 5.37. The van der Waals surface area contributed by atoms with Gasteiger partial charge in [0.15, 0.2) is 0 Å². The first kappa shape index (κ1) is 21.3. The van der Waals surface area contributed by atoms with Crippen molar-refractivity contribution in [2.45, 2.75) is 62.8 Å². The Labute approximate surface area is 169 Å². The first-order valence-electron chi connectivity index (χ1n) is 10.6. The van der Waals surface area contributed by atoms with E-state index in [1.54, 1.807) is 12.1 Å². The van der Waals surface area contributed by atoms with Crippen LogP contribution in [0.1, 0.15) is 51.0 Å². The molecule has 1 amide bonds. The van der Waals surface area contributed by atoms with Crippen molar-refractivity contribution < 1.29 is 13.2 Å². The number of carbonyl (C=O) groups excluding carboxylic acids is 1. The van der Waals surface area contributed by atoms with Gasteiger partial charge in [0.2, 0.25) is 15.9 Å². The van der Waals surface area contributed by atoms with Crippen LogP contribution in [-0.4, -0.2) is 62.9 Å². The second-order valence-corrected chi connectivity index (χ2v) is 9.63. The summed E-state index contributed by atoms with van der Waals surface area (Å²) in [7, 11) is -3.46. The van der Waals surface area contributed by atoms with E-state index in [2.05, 4.69) is 16.5 Å².